The molecule has 0 saturated heterocycles. The summed E-state index contributed by atoms with van der Waals surface area (Å²) in [5, 5.41) is 20.2. The first-order valence-corrected chi connectivity index (χ1v) is 8.09. The number of benzene rings is 1. The maximum absolute atomic E-state index is 12.4. The van der Waals surface area contributed by atoms with Crippen molar-refractivity contribution in [3.63, 3.8) is 0 Å². The van der Waals surface area contributed by atoms with Crippen molar-refractivity contribution in [2.45, 2.75) is 39.2 Å². The Kier molecular flexibility index (Phi) is 5.92. The van der Waals surface area contributed by atoms with Crippen LogP contribution in [0, 0.1) is 0 Å². The number of rotatable bonds is 7. The van der Waals surface area contributed by atoms with E-state index < -0.39 is 17.9 Å². The zero-order chi connectivity index (χ0) is 17.7. The van der Waals surface area contributed by atoms with Crippen molar-refractivity contribution < 1.29 is 14.7 Å². The van der Waals surface area contributed by atoms with Crippen LogP contribution in [-0.4, -0.2) is 38.0 Å². The molecule has 0 bridgehead atoms. The van der Waals surface area contributed by atoms with E-state index in [4.69, 9.17) is 16.7 Å². The Hall–Kier alpha value is -2.41. The van der Waals surface area contributed by atoms with Crippen LogP contribution in [-0.2, 0) is 11.2 Å². The molecule has 1 aromatic carbocycles. The van der Waals surface area contributed by atoms with Gasteiger partial charge in [0.05, 0.1) is 11.4 Å². The van der Waals surface area contributed by atoms with Crippen LogP contribution in [0.2, 0.25) is 5.02 Å². The lowest BCUT2D eigenvalue weighted by Gasteiger charge is -2.13. The molecule has 1 atom stereocenters. The number of aromatic nitrogens is 3. The van der Waals surface area contributed by atoms with E-state index in [0.717, 1.165) is 0 Å². The van der Waals surface area contributed by atoms with E-state index in [0.29, 0.717) is 35.7 Å². The van der Waals surface area contributed by atoms with Crippen molar-refractivity contribution in [3.8, 4) is 5.69 Å². The highest BCUT2D eigenvalue weighted by molar-refractivity contribution is 6.30. The summed E-state index contributed by atoms with van der Waals surface area (Å²) < 4.78 is 1.54. The molecule has 1 heterocycles. The SMILES string of the molecule is CCCC(NC(=O)c1nnn(-c2cccc(Cl)c2)c1CC)C(=O)O. The van der Waals surface area contributed by atoms with Gasteiger partial charge in [0.1, 0.15) is 6.04 Å². The van der Waals surface area contributed by atoms with Gasteiger partial charge in [0.15, 0.2) is 5.69 Å². The molecule has 0 aliphatic rings. The first-order chi connectivity index (χ1) is 11.5. The monoisotopic (exact) mass is 350 g/mol. The number of carbonyl (C=O) groups is 2. The number of hydrogen-bond acceptors (Lipinski definition) is 4. The Morgan fingerprint density at radius 1 is 1.38 bits per heavy atom. The zero-order valence-electron chi connectivity index (χ0n) is 13.5. The van der Waals surface area contributed by atoms with E-state index >= 15 is 0 Å². The van der Waals surface area contributed by atoms with Crippen LogP contribution in [0.5, 0.6) is 0 Å². The number of nitrogens with zero attached hydrogens (tertiary/aromatic N) is 3. The highest BCUT2D eigenvalue weighted by Crippen LogP contribution is 2.18. The molecule has 1 aromatic heterocycles. The van der Waals surface area contributed by atoms with Gasteiger partial charge in [-0.25, -0.2) is 9.48 Å². The van der Waals surface area contributed by atoms with E-state index in [1.54, 1.807) is 24.3 Å². The molecule has 2 rings (SSSR count). The Bertz CT molecular complexity index is 745. The number of halogens is 1. The minimum Gasteiger partial charge on any atom is -0.480 e. The molecule has 0 radical (unpaired) electrons. The third-order valence-electron chi connectivity index (χ3n) is 3.55. The molecule has 8 heteroatoms. The van der Waals surface area contributed by atoms with Crippen LogP contribution in [0.1, 0.15) is 42.9 Å². The third kappa shape index (κ3) is 3.91. The second kappa shape index (κ2) is 7.92. The van der Waals surface area contributed by atoms with Crippen LogP contribution < -0.4 is 5.32 Å². The average Bonchev–Trinajstić information content (AvgIpc) is 2.98. The van der Waals surface area contributed by atoms with E-state index in [1.165, 1.54) is 4.68 Å². The van der Waals surface area contributed by atoms with Crippen LogP contribution in [0.15, 0.2) is 24.3 Å². The Morgan fingerprint density at radius 2 is 2.12 bits per heavy atom. The Labute approximate surface area is 144 Å². The van der Waals surface area contributed by atoms with Crippen molar-refractivity contribution >= 4 is 23.5 Å². The summed E-state index contributed by atoms with van der Waals surface area (Å²) >= 11 is 5.99. The minimum absolute atomic E-state index is 0.125. The molecule has 128 valence electrons. The summed E-state index contributed by atoms with van der Waals surface area (Å²) in [6.07, 6.45) is 1.51. The molecule has 24 heavy (non-hydrogen) atoms. The molecule has 0 spiro atoms. The molecular weight excluding hydrogens is 332 g/mol. The van der Waals surface area contributed by atoms with Gasteiger partial charge in [-0.15, -0.1) is 5.10 Å². The summed E-state index contributed by atoms with van der Waals surface area (Å²) in [7, 11) is 0. The summed E-state index contributed by atoms with van der Waals surface area (Å²) in [6, 6.07) is 6.10. The van der Waals surface area contributed by atoms with Crippen molar-refractivity contribution in [2.24, 2.45) is 0 Å². The Balaban J connectivity index is 2.31. The summed E-state index contributed by atoms with van der Waals surface area (Å²) in [5.74, 6) is -1.61. The summed E-state index contributed by atoms with van der Waals surface area (Å²) in [6.45, 7) is 3.73. The molecule has 2 aromatic rings. The topological polar surface area (TPSA) is 97.1 Å². The predicted molar refractivity (Wildman–Crippen MR) is 89.5 cm³/mol. The molecule has 1 amide bonds. The standard InChI is InChI=1S/C16H19ClN4O3/c1-3-6-12(16(23)24)18-15(22)14-13(4-2)21(20-19-14)11-8-5-7-10(17)9-11/h5,7-9,12H,3-4,6H2,1-2H3,(H,18,22)(H,23,24). The van der Waals surface area contributed by atoms with Gasteiger partial charge in [-0.2, -0.15) is 0 Å². The van der Waals surface area contributed by atoms with Gasteiger partial charge in [0, 0.05) is 5.02 Å². The molecule has 0 aliphatic carbocycles. The van der Waals surface area contributed by atoms with Gasteiger partial charge in [-0.1, -0.05) is 43.1 Å². The van der Waals surface area contributed by atoms with Gasteiger partial charge in [-0.05, 0) is 31.0 Å². The molecule has 7 nitrogen and oxygen atoms in total. The maximum atomic E-state index is 12.4. The number of carboxylic acid groups (broad SMARTS) is 1. The lowest BCUT2D eigenvalue weighted by Crippen LogP contribution is -2.41. The number of hydrogen-bond donors (Lipinski definition) is 2. The average molecular weight is 351 g/mol. The van der Waals surface area contributed by atoms with Gasteiger partial charge in [0.25, 0.3) is 5.91 Å². The number of nitrogens with one attached hydrogen (secondary N) is 1. The van der Waals surface area contributed by atoms with Gasteiger partial charge in [-0.3, -0.25) is 4.79 Å². The van der Waals surface area contributed by atoms with E-state index in [1.807, 2.05) is 13.8 Å². The number of amides is 1. The third-order valence-corrected chi connectivity index (χ3v) is 3.78. The summed E-state index contributed by atoms with van der Waals surface area (Å²) in [5.41, 5.74) is 1.41. The van der Waals surface area contributed by atoms with E-state index in [9.17, 15) is 9.59 Å². The van der Waals surface area contributed by atoms with Crippen LogP contribution in [0.4, 0.5) is 0 Å². The van der Waals surface area contributed by atoms with Crippen molar-refractivity contribution in [2.75, 3.05) is 0 Å². The zero-order valence-corrected chi connectivity index (χ0v) is 14.2. The van der Waals surface area contributed by atoms with E-state index in [-0.39, 0.29) is 5.69 Å². The van der Waals surface area contributed by atoms with Crippen LogP contribution in [0.3, 0.4) is 0 Å². The normalized spacial score (nSPS) is 12.0. The first-order valence-electron chi connectivity index (χ1n) is 7.72. The lowest BCUT2D eigenvalue weighted by atomic mass is 10.1. The van der Waals surface area contributed by atoms with Gasteiger partial charge in [0.2, 0.25) is 0 Å². The fourth-order valence-corrected chi connectivity index (χ4v) is 2.57. The van der Waals surface area contributed by atoms with Crippen LogP contribution >= 0.6 is 11.6 Å². The second-order valence-corrected chi connectivity index (χ2v) is 5.72. The van der Waals surface area contributed by atoms with Crippen molar-refractivity contribution in [1.82, 2.24) is 20.3 Å². The quantitative estimate of drug-likeness (QED) is 0.799. The highest BCUT2D eigenvalue weighted by Gasteiger charge is 2.24. The number of carbonyl (C=O) groups excluding carboxylic acids is 1. The molecule has 2 N–H and O–H groups in total. The molecule has 0 aliphatic heterocycles. The smallest absolute Gasteiger partial charge is 0.326 e. The lowest BCUT2D eigenvalue weighted by molar-refractivity contribution is -0.139. The van der Waals surface area contributed by atoms with Gasteiger partial charge < -0.3 is 10.4 Å². The van der Waals surface area contributed by atoms with Crippen molar-refractivity contribution in [3.05, 3.63) is 40.7 Å². The summed E-state index contributed by atoms with van der Waals surface area (Å²) in [4.78, 5) is 23.6. The molecular formula is C16H19ClN4O3. The first kappa shape index (κ1) is 17.9. The maximum Gasteiger partial charge on any atom is 0.326 e. The van der Waals surface area contributed by atoms with Gasteiger partial charge >= 0.3 is 5.97 Å². The molecule has 0 saturated carbocycles. The minimum atomic E-state index is -1.06. The fourth-order valence-electron chi connectivity index (χ4n) is 2.38. The second-order valence-electron chi connectivity index (χ2n) is 5.28. The predicted octanol–water partition coefficient (Wildman–Crippen LogP) is 2.47. The van der Waals surface area contributed by atoms with E-state index in [2.05, 4.69) is 15.6 Å². The van der Waals surface area contributed by atoms with Crippen LogP contribution in [0.25, 0.3) is 5.69 Å². The highest BCUT2D eigenvalue weighted by atomic mass is 35.5. The Morgan fingerprint density at radius 3 is 2.71 bits per heavy atom. The number of carboxylic acids is 1. The molecule has 1 unspecified atom stereocenters. The van der Waals surface area contributed by atoms with Crippen molar-refractivity contribution in [1.29, 1.82) is 0 Å². The fraction of sp³-hybridized carbons (Fsp3) is 0.375. The molecule has 0 fully saturated rings. The number of aliphatic carboxylic acids is 1. The largest absolute Gasteiger partial charge is 0.480 e.